The first-order chi connectivity index (χ1) is 10.1. The maximum absolute atomic E-state index is 6.01. The van der Waals surface area contributed by atoms with Crippen LogP contribution < -0.4 is 5.73 Å². The van der Waals surface area contributed by atoms with Crippen molar-refractivity contribution in [1.29, 1.82) is 0 Å². The maximum Gasteiger partial charge on any atom is 0.182 e. The van der Waals surface area contributed by atoms with Crippen LogP contribution in [0.4, 0.5) is 5.69 Å². The molecule has 21 heavy (non-hydrogen) atoms. The van der Waals surface area contributed by atoms with E-state index in [1.807, 2.05) is 49.4 Å². The molecule has 3 aromatic rings. The predicted octanol–water partition coefficient (Wildman–Crippen LogP) is 2.93. The third-order valence-electron chi connectivity index (χ3n) is 3.28. The SMILES string of the molecule is Cc1cc(-c2nnnn2Cc2cccc(Cl)c2)ccc1N. The fourth-order valence-electron chi connectivity index (χ4n) is 2.14. The highest BCUT2D eigenvalue weighted by Gasteiger charge is 2.10. The summed E-state index contributed by atoms with van der Waals surface area (Å²) in [6.07, 6.45) is 0. The minimum Gasteiger partial charge on any atom is -0.399 e. The van der Waals surface area contributed by atoms with E-state index in [2.05, 4.69) is 15.5 Å². The number of tetrazole rings is 1. The van der Waals surface area contributed by atoms with Crippen LogP contribution in [0.15, 0.2) is 42.5 Å². The molecule has 3 rings (SSSR count). The molecule has 5 nitrogen and oxygen atoms in total. The van der Waals surface area contributed by atoms with Crippen molar-refractivity contribution in [2.45, 2.75) is 13.5 Å². The molecule has 6 heteroatoms. The highest BCUT2D eigenvalue weighted by molar-refractivity contribution is 6.30. The molecular formula is C15H14ClN5. The molecule has 2 aromatic carbocycles. The van der Waals surface area contributed by atoms with Crippen molar-refractivity contribution < 1.29 is 0 Å². The van der Waals surface area contributed by atoms with E-state index in [4.69, 9.17) is 17.3 Å². The van der Waals surface area contributed by atoms with E-state index >= 15 is 0 Å². The number of nitrogen functional groups attached to an aromatic ring is 1. The van der Waals surface area contributed by atoms with Gasteiger partial charge in [-0.1, -0.05) is 23.7 Å². The minimum absolute atomic E-state index is 0.562. The minimum atomic E-state index is 0.562. The van der Waals surface area contributed by atoms with Gasteiger partial charge in [0.15, 0.2) is 5.82 Å². The van der Waals surface area contributed by atoms with Crippen LogP contribution in [0, 0.1) is 6.92 Å². The van der Waals surface area contributed by atoms with Crippen LogP contribution in [0.5, 0.6) is 0 Å². The normalized spacial score (nSPS) is 10.8. The molecule has 0 aliphatic rings. The third kappa shape index (κ3) is 2.87. The van der Waals surface area contributed by atoms with Gasteiger partial charge in [-0.3, -0.25) is 0 Å². The van der Waals surface area contributed by atoms with E-state index in [9.17, 15) is 0 Å². The summed E-state index contributed by atoms with van der Waals surface area (Å²) in [5.41, 5.74) is 9.59. The molecule has 0 radical (unpaired) electrons. The summed E-state index contributed by atoms with van der Waals surface area (Å²) in [5.74, 6) is 0.707. The Bertz CT molecular complexity index is 781. The number of hydrogen-bond acceptors (Lipinski definition) is 4. The largest absolute Gasteiger partial charge is 0.399 e. The first kappa shape index (κ1) is 13.6. The lowest BCUT2D eigenvalue weighted by Crippen LogP contribution is -2.04. The fraction of sp³-hybridized carbons (Fsp3) is 0.133. The number of nitrogens with zero attached hydrogens (tertiary/aromatic N) is 4. The average Bonchev–Trinajstić information content (AvgIpc) is 2.90. The Labute approximate surface area is 127 Å². The number of rotatable bonds is 3. The van der Waals surface area contributed by atoms with E-state index in [1.165, 1.54) is 0 Å². The average molecular weight is 300 g/mol. The zero-order valence-corrected chi connectivity index (χ0v) is 12.2. The van der Waals surface area contributed by atoms with Gasteiger partial charge in [-0.25, -0.2) is 4.68 Å². The molecule has 1 heterocycles. The van der Waals surface area contributed by atoms with Gasteiger partial charge in [-0.05, 0) is 58.8 Å². The smallest absolute Gasteiger partial charge is 0.182 e. The molecular weight excluding hydrogens is 286 g/mol. The Balaban J connectivity index is 1.95. The summed E-state index contributed by atoms with van der Waals surface area (Å²) in [6, 6.07) is 13.4. The first-order valence-electron chi connectivity index (χ1n) is 6.50. The molecule has 0 fully saturated rings. The Hall–Kier alpha value is -2.40. The third-order valence-corrected chi connectivity index (χ3v) is 3.52. The quantitative estimate of drug-likeness (QED) is 0.755. The van der Waals surface area contributed by atoms with Crippen LogP contribution in [0.1, 0.15) is 11.1 Å². The van der Waals surface area contributed by atoms with Gasteiger partial charge in [0, 0.05) is 16.3 Å². The van der Waals surface area contributed by atoms with Crippen molar-refractivity contribution in [1.82, 2.24) is 20.2 Å². The lowest BCUT2D eigenvalue weighted by atomic mass is 10.1. The van der Waals surface area contributed by atoms with Gasteiger partial charge in [0.25, 0.3) is 0 Å². The Morgan fingerprint density at radius 2 is 2.05 bits per heavy atom. The van der Waals surface area contributed by atoms with Gasteiger partial charge < -0.3 is 5.73 Å². The summed E-state index contributed by atoms with van der Waals surface area (Å²) in [5, 5.41) is 12.6. The molecule has 2 N–H and O–H groups in total. The standard InChI is InChI=1S/C15H14ClN5/c1-10-7-12(5-6-14(10)17)15-18-19-20-21(15)9-11-3-2-4-13(16)8-11/h2-8H,9,17H2,1H3. The predicted molar refractivity (Wildman–Crippen MR) is 83.0 cm³/mol. The topological polar surface area (TPSA) is 69.6 Å². The van der Waals surface area contributed by atoms with Crippen molar-refractivity contribution in [3.63, 3.8) is 0 Å². The van der Waals surface area contributed by atoms with E-state index in [0.717, 1.165) is 22.4 Å². The van der Waals surface area contributed by atoms with Gasteiger partial charge in [-0.15, -0.1) is 5.10 Å². The van der Waals surface area contributed by atoms with Crippen LogP contribution in [-0.2, 0) is 6.54 Å². The number of hydrogen-bond donors (Lipinski definition) is 1. The number of aromatic nitrogens is 4. The molecule has 106 valence electrons. The second-order valence-corrected chi connectivity index (χ2v) is 5.30. The summed E-state index contributed by atoms with van der Waals surface area (Å²) >= 11 is 6.01. The Kier molecular flexibility index (Phi) is 3.58. The van der Waals surface area contributed by atoms with E-state index in [0.29, 0.717) is 17.4 Å². The molecule has 1 aromatic heterocycles. The van der Waals surface area contributed by atoms with Gasteiger partial charge in [-0.2, -0.15) is 0 Å². The Morgan fingerprint density at radius 1 is 1.19 bits per heavy atom. The molecule has 0 saturated carbocycles. The summed E-state index contributed by atoms with van der Waals surface area (Å²) < 4.78 is 1.75. The van der Waals surface area contributed by atoms with Crippen molar-refractivity contribution in [3.8, 4) is 11.4 Å². The summed E-state index contributed by atoms with van der Waals surface area (Å²) in [7, 11) is 0. The highest BCUT2D eigenvalue weighted by atomic mass is 35.5. The molecule has 0 spiro atoms. The van der Waals surface area contributed by atoms with Crippen molar-refractivity contribution in [2.75, 3.05) is 5.73 Å². The molecule has 0 amide bonds. The van der Waals surface area contributed by atoms with Crippen LogP contribution in [0.2, 0.25) is 5.02 Å². The monoisotopic (exact) mass is 299 g/mol. The van der Waals surface area contributed by atoms with Gasteiger partial charge in [0.05, 0.1) is 6.54 Å². The second kappa shape index (κ2) is 5.54. The van der Waals surface area contributed by atoms with E-state index in [-0.39, 0.29) is 0 Å². The summed E-state index contributed by atoms with van der Waals surface area (Å²) in [6.45, 7) is 2.52. The van der Waals surface area contributed by atoms with Crippen LogP contribution >= 0.6 is 11.6 Å². The first-order valence-corrected chi connectivity index (χ1v) is 6.88. The zero-order valence-electron chi connectivity index (χ0n) is 11.5. The molecule has 0 aliphatic heterocycles. The van der Waals surface area contributed by atoms with Crippen molar-refractivity contribution >= 4 is 17.3 Å². The number of nitrogens with two attached hydrogens (primary N) is 1. The van der Waals surface area contributed by atoms with Gasteiger partial charge in [0.2, 0.25) is 0 Å². The van der Waals surface area contributed by atoms with E-state index < -0.39 is 0 Å². The number of aryl methyl sites for hydroxylation is 1. The molecule has 0 saturated heterocycles. The Morgan fingerprint density at radius 3 is 2.81 bits per heavy atom. The van der Waals surface area contributed by atoms with Gasteiger partial charge in [0.1, 0.15) is 0 Å². The van der Waals surface area contributed by atoms with Crippen LogP contribution in [0.25, 0.3) is 11.4 Å². The van der Waals surface area contributed by atoms with Crippen LogP contribution in [0.3, 0.4) is 0 Å². The number of benzene rings is 2. The molecule has 0 bridgehead atoms. The van der Waals surface area contributed by atoms with Crippen LogP contribution in [-0.4, -0.2) is 20.2 Å². The van der Waals surface area contributed by atoms with Crippen molar-refractivity contribution in [3.05, 3.63) is 58.6 Å². The lowest BCUT2D eigenvalue weighted by Gasteiger charge is -2.07. The maximum atomic E-state index is 6.01. The van der Waals surface area contributed by atoms with Gasteiger partial charge >= 0.3 is 0 Å². The molecule has 0 atom stereocenters. The van der Waals surface area contributed by atoms with E-state index in [1.54, 1.807) is 4.68 Å². The number of anilines is 1. The lowest BCUT2D eigenvalue weighted by molar-refractivity contribution is 0.653. The molecule has 0 aliphatic carbocycles. The zero-order chi connectivity index (χ0) is 14.8. The molecule has 0 unspecified atom stereocenters. The fourth-order valence-corrected chi connectivity index (χ4v) is 2.35. The summed E-state index contributed by atoms with van der Waals surface area (Å²) in [4.78, 5) is 0. The number of halogens is 1. The highest BCUT2D eigenvalue weighted by Crippen LogP contribution is 2.22. The van der Waals surface area contributed by atoms with Crippen molar-refractivity contribution in [2.24, 2.45) is 0 Å². The second-order valence-electron chi connectivity index (χ2n) is 4.86.